The van der Waals surface area contributed by atoms with Gasteiger partial charge in [0.25, 0.3) is 0 Å². The summed E-state index contributed by atoms with van der Waals surface area (Å²) in [7, 11) is 1.81. The van der Waals surface area contributed by atoms with Crippen LogP contribution in [0.5, 0.6) is 11.5 Å². The predicted octanol–water partition coefficient (Wildman–Crippen LogP) is 3.50. The van der Waals surface area contributed by atoms with E-state index in [0.717, 1.165) is 24.5 Å². The van der Waals surface area contributed by atoms with Crippen LogP contribution >= 0.6 is 0 Å². The van der Waals surface area contributed by atoms with Crippen molar-refractivity contribution < 1.29 is 9.53 Å². The molecule has 3 heteroatoms. The third-order valence-electron chi connectivity index (χ3n) is 3.18. The average molecular weight is 269 g/mol. The molecule has 2 aromatic rings. The van der Waals surface area contributed by atoms with Gasteiger partial charge in [0, 0.05) is 20.5 Å². The monoisotopic (exact) mass is 269 g/mol. The molecule has 20 heavy (non-hydrogen) atoms. The third kappa shape index (κ3) is 4.12. The van der Waals surface area contributed by atoms with E-state index in [4.69, 9.17) is 4.74 Å². The topological polar surface area (TPSA) is 29.5 Å². The SMILES string of the molecule is CC(=O)N(C)CCc1ccc(Oc2ccccc2)cc1. The van der Waals surface area contributed by atoms with Crippen LogP contribution < -0.4 is 4.74 Å². The van der Waals surface area contributed by atoms with Gasteiger partial charge < -0.3 is 9.64 Å². The van der Waals surface area contributed by atoms with Gasteiger partial charge in [0.1, 0.15) is 11.5 Å². The maximum absolute atomic E-state index is 11.1. The van der Waals surface area contributed by atoms with Gasteiger partial charge in [-0.2, -0.15) is 0 Å². The molecule has 0 aromatic heterocycles. The van der Waals surface area contributed by atoms with Crippen molar-refractivity contribution in [2.45, 2.75) is 13.3 Å². The number of carbonyl (C=O) groups excluding carboxylic acids is 1. The molecule has 0 aliphatic rings. The van der Waals surface area contributed by atoms with Gasteiger partial charge in [0.2, 0.25) is 5.91 Å². The van der Waals surface area contributed by atoms with Crippen molar-refractivity contribution in [1.29, 1.82) is 0 Å². The first-order valence-corrected chi connectivity index (χ1v) is 6.69. The molecule has 0 fully saturated rings. The molecule has 0 saturated carbocycles. The molecule has 3 nitrogen and oxygen atoms in total. The summed E-state index contributed by atoms with van der Waals surface area (Å²) < 4.78 is 5.73. The van der Waals surface area contributed by atoms with Gasteiger partial charge in [-0.05, 0) is 36.2 Å². The zero-order valence-electron chi connectivity index (χ0n) is 11.9. The lowest BCUT2D eigenvalue weighted by Crippen LogP contribution is -2.26. The van der Waals surface area contributed by atoms with Crippen LogP contribution in [0.25, 0.3) is 0 Å². The van der Waals surface area contributed by atoms with Crippen molar-refractivity contribution in [3.63, 3.8) is 0 Å². The Morgan fingerprint density at radius 1 is 1.00 bits per heavy atom. The van der Waals surface area contributed by atoms with E-state index < -0.39 is 0 Å². The van der Waals surface area contributed by atoms with Gasteiger partial charge in [0.05, 0.1) is 0 Å². The Kier molecular flexibility index (Phi) is 4.77. The van der Waals surface area contributed by atoms with Crippen LogP contribution in [0.15, 0.2) is 54.6 Å². The van der Waals surface area contributed by atoms with Gasteiger partial charge in [0.15, 0.2) is 0 Å². The van der Waals surface area contributed by atoms with Crippen molar-refractivity contribution in [2.75, 3.05) is 13.6 Å². The van der Waals surface area contributed by atoms with Crippen LogP contribution in [-0.2, 0) is 11.2 Å². The van der Waals surface area contributed by atoms with E-state index in [1.54, 1.807) is 11.8 Å². The molecule has 0 atom stereocenters. The molecule has 0 N–H and O–H groups in total. The largest absolute Gasteiger partial charge is 0.457 e. The van der Waals surface area contributed by atoms with Crippen LogP contribution in [0.3, 0.4) is 0 Å². The molecule has 0 unspecified atom stereocenters. The molecule has 0 radical (unpaired) electrons. The highest BCUT2D eigenvalue weighted by atomic mass is 16.5. The number of likely N-dealkylation sites (N-methyl/N-ethyl adjacent to an activating group) is 1. The summed E-state index contributed by atoms with van der Waals surface area (Å²) in [5, 5.41) is 0. The van der Waals surface area contributed by atoms with Crippen LogP contribution in [0.1, 0.15) is 12.5 Å². The second-order valence-electron chi connectivity index (χ2n) is 4.75. The number of carbonyl (C=O) groups is 1. The van der Waals surface area contributed by atoms with Crippen molar-refractivity contribution in [3.05, 3.63) is 60.2 Å². The van der Waals surface area contributed by atoms with Gasteiger partial charge in [-0.3, -0.25) is 4.79 Å². The van der Waals surface area contributed by atoms with Crippen molar-refractivity contribution in [3.8, 4) is 11.5 Å². The molecule has 2 aromatic carbocycles. The normalized spacial score (nSPS) is 10.1. The lowest BCUT2D eigenvalue weighted by Gasteiger charge is -2.14. The lowest BCUT2D eigenvalue weighted by atomic mass is 10.1. The minimum Gasteiger partial charge on any atom is -0.457 e. The van der Waals surface area contributed by atoms with Crippen molar-refractivity contribution >= 4 is 5.91 Å². The third-order valence-corrected chi connectivity index (χ3v) is 3.18. The summed E-state index contributed by atoms with van der Waals surface area (Å²) in [5.74, 6) is 1.74. The molecular formula is C17H19NO2. The maximum atomic E-state index is 11.1. The molecule has 0 bridgehead atoms. The standard InChI is InChI=1S/C17H19NO2/c1-14(19)18(2)13-12-15-8-10-17(11-9-15)20-16-6-4-3-5-7-16/h3-11H,12-13H2,1-2H3. The summed E-state index contributed by atoms with van der Waals surface area (Å²) >= 11 is 0. The van der Waals surface area contributed by atoms with E-state index in [0.29, 0.717) is 0 Å². The second-order valence-corrected chi connectivity index (χ2v) is 4.75. The highest BCUT2D eigenvalue weighted by Crippen LogP contribution is 2.21. The first kappa shape index (κ1) is 14.1. The first-order valence-electron chi connectivity index (χ1n) is 6.69. The number of amides is 1. The van der Waals surface area contributed by atoms with E-state index in [1.807, 2.05) is 61.6 Å². The lowest BCUT2D eigenvalue weighted by molar-refractivity contribution is -0.127. The first-order chi connectivity index (χ1) is 9.65. The fraction of sp³-hybridized carbons (Fsp3) is 0.235. The molecule has 2 rings (SSSR count). The molecular weight excluding hydrogens is 250 g/mol. The number of rotatable bonds is 5. The Hall–Kier alpha value is -2.29. The molecule has 0 aliphatic carbocycles. The molecule has 0 aliphatic heterocycles. The van der Waals surface area contributed by atoms with Gasteiger partial charge in [-0.15, -0.1) is 0 Å². The summed E-state index contributed by atoms with van der Waals surface area (Å²) in [4.78, 5) is 12.8. The fourth-order valence-electron chi connectivity index (χ4n) is 1.80. The van der Waals surface area contributed by atoms with Gasteiger partial charge in [-0.1, -0.05) is 30.3 Å². The van der Waals surface area contributed by atoms with Crippen LogP contribution in [0.2, 0.25) is 0 Å². The second kappa shape index (κ2) is 6.75. The van der Waals surface area contributed by atoms with Crippen LogP contribution in [-0.4, -0.2) is 24.4 Å². The predicted molar refractivity (Wildman–Crippen MR) is 80.0 cm³/mol. The average Bonchev–Trinajstić information content (AvgIpc) is 2.47. The molecule has 104 valence electrons. The van der Waals surface area contributed by atoms with Gasteiger partial charge in [-0.25, -0.2) is 0 Å². The zero-order chi connectivity index (χ0) is 14.4. The summed E-state index contributed by atoms with van der Waals surface area (Å²) in [6.45, 7) is 2.31. The Morgan fingerprint density at radius 3 is 2.20 bits per heavy atom. The molecule has 0 heterocycles. The minimum atomic E-state index is 0.0917. The molecule has 0 spiro atoms. The van der Waals surface area contributed by atoms with Gasteiger partial charge >= 0.3 is 0 Å². The number of benzene rings is 2. The van der Waals surface area contributed by atoms with Crippen LogP contribution in [0.4, 0.5) is 0 Å². The summed E-state index contributed by atoms with van der Waals surface area (Å²) in [6, 6.07) is 17.7. The van der Waals surface area contributed by atoms with Crippen molar-refractivity contribution in [1.82, 2.24) is 4.90 Å². The fourth-order valence-corrected chi connectivity index (χ4v) is 1.80. The van der Waals surface area contributed by atoms with Crippen molar-refractivity contribution in [2.24, 2.45) is 0 Å². The Labute approximate surface area is 119 Å². The highest BCUT2D eigenvalue weighted by Gasteiger charge is 2.02. The maximum Gasteiger partial charge on any atom is 0.219 e. The van der Waals surface area contributed by atoms with E-state index >= 15 is 0 Å². The summed E-state index contributed by atoms with van der Waals surface area (Å²) in [6.07, 6.45) is 0.849. The minimum absolute atomic E-state index is 0.0917. The van der Waals surface area contributed by atoms with E-state index in [2.05, 4.69) is 0 Å². The number of para-hydroxylation sites is 1. The zero-order valence-corrected chi connectivity index (χ0v) is 11.9. The summed E-state index contributed by atoms with van der Waals surface area (Å²) in [5.41, 5.74) is 1.19. The highest BCUT2D eigenvalue weighted by molar-refractivity contribution is 5.72. The van der Waals surface area contributed by atoms with E-state index in [1.165, 1.54) is 5.56 Å². The Balaban J connectivity index is 1.91. The molecule has 0 saturated heterocycles. The van der Waals surface area contributed by atoms with E-state index in [-0.39, 0.29) is 5.91 Å². The molecule has 1 amide bonds. The van der Waals surface area contributed by atoms with E-state index in [9.17, 15) is 4.79 Å². The quantitative estimate of drug-likeness (QED) is 0.831. The Morgan fingerprint density at radius 2 is 1.60 bits per heavy atom. The number of hydrogen-bond acceptors (Lipinski definition) is 2. The van der Waals surface area contributed by atoms with Crippen LogP contribution in [0, 0.1) is 0 Å². The number of hydrogen-bond donors (Lipinski definition) is 0. The smallest absolute Gasteiger partial charge is 0.219 e. The Bertz CT molecular complexity index is 549. The number of ether oxygens (including phenoxy) is 1. The number of nitrogens with zero attached hydrogens (tertiary/aromatic N) is 1.